The molecule has 0 amide bonds. The topological polar surface area (TPSA) is 39.7 Å². The van der Waals surface area contributed by atoms with Crippen molar-refractivity contribution < 1.29 is 14.2 Å². The fourth-order valence-corrected chi connectivity index (χ4v) is 3.31. The Hall–Kier alpha value is -0.160. The minimum Gasteiger partial charge on any atom is -0.382 e. The van der Waals surface area contributed by atoms with Crippen molar-refractivity contribution >= 4 is 0 Å². The maximum Gasteiger partial charge on any atom is 0.0701 e. The van der Waals surface area contributed by atoms with E-state index in [1.165, 1.54) is 25.7 Å². The first kappa shape index (κ1) is 15.2. The maximum atomic E-state index is 6.01. The Labute approximate surface area is 117 Å². The van der Waals surface area contributed by atoms with E-state index in [-0.39, 0.29) is 5.60 Å². The summed E-state index contributed by atoms with van der Waals surface area (Å²) >= 11 is 0. The fourth-order valence-electron chi connectivity index (χ4n) is 3.31. The second-order valence-electron chi connectivity index (χ2n) is 5.87. The second kappa shape index (κ2) is 7.58. The highest BCUT2D eigenvalue weighted by Crippen LogP contribution is 2.44. The average Bonchev–Trinajstić information content (AvgIpc) is 2.41. The Kier molecular flexibility index (Phi) is 6.07. The van der Waals surface area contributed by atoms with Crippen LogP contribution in [0.25, 0.3) is 0 Å². The van der Waals surface area contributed by atoms with Crippen molar-refractivity contribution in [1.82, 2.24) is 5.32 Å². The summed E-state index contributed by atoms with van der Waals surface area (Å²) in [7, 11) is 1.71. The zero-order valence-electron chi connectivity index (χ0n) is 12.5. The van der Waals surface area contributed by atoms with E-state index in [9.17, 15) is 0 Å². The normalized spacial score (nSPS) is 27.2. The summed E-state index contributed by atoms with van der Waals surface area (Å²) in [5.41, 5.74) is 0.225. The molecule has 112 valence electrons. The quantitative estimate of drug-likeness (QED) is 0.685. The molecule has 1 saturated heterocycles. The summed E-state index contributed by atoms with van der Waals surface area (Å²) in [6.45, 7) is 6.25. The highest BCUT2D eigenvalue weighted by atomic mass is 16.5. The molecule has 2 unspecified atom stereocenters. The molecule has 2 fully saturated rings. The molecule has 4 nitrogen and oxygen atoms in total. The van der Waals surface area contributed by atoms with Gasteiger partial charge >= 0.3 is 0 Å². The van der Waals surface area contributed by atoms with Gasteiger partial charge in [-0.05, 0) is 44.6 Å². The van der Waals surface area contributed by atoms with Gasteiger partial charge in [-0.25, -0.2) is 0 Å². The van der Waals surface area contributed by atoms with Crippen LogP contribution in [0, 0.1) is 5.92 Å². The molecule has 2 aliphatic rings. The molecule has 1 heterocycles. The lowest BCUT2D eigenvalue weighted by Crippen LogP contribution is -2.51. The number of nitrogens with one attached hydrogen (secondary N) is 1. The van der Waals surface area contributed by atoms with Crippen molar-refractivity contribution in [3.05, 3.63) is 0 Å². The molecule has 1 aliphatic carbocycles. The van der Waals surface area contributed by atoms with Crippen LogP contribution in [0.5, 0.6) is 0 Å². The predicted octanol–water partition coefficient (Wildman–Crippen LogP) is 1.98. The van der Waals surface area contributed by atoms with Crippen molar-refractivity contribution in [2.75, 3.05) is 40.1 Å². The maximum absolute atomic E-state index is 6.01. The average molecular weight is 271 g/mol. The van der Waals surface area contributed by atoms with Gasteiger partial charge in [-0.15, -0.1) is 0 Å². The van der Waals surface area contributed by atoms with Gasteiger partial charge in [0, 0.05) is 19.8 Å². The van der Waals surface area contributed by atoms with E-state index in [1.807, 2.05) is 0 Å². The summed E-state index contributed by atoms with van der Waals surface area (Å²) in [4.78, 5) is 0. The number of rotatable bonds is 8. The van der Waals surface area contributed by atoms with Crippen LogP contribution in [-0.2, 0) is 14.2 Å². The van der Waals surface area contributed by atoms with Gasteiger partial charge in [0.2, 0.25) is 0 Å². The van der Waals surface area contributed by atoms with Gasteiger partial charge in [0.25, 0.3) is 0 Å². The molecule has 1 N–H and O–H groups in total. The molecule has 0 aromatic rings. The molecule has 2 atom stereocenters. The number of likely N-dealkylation sites (N-methyl/N-ethyl adjacent to an activating group) is 1. The first-order valence-electron chi connectivity index (χ1n) is 7.74. The van der Waals surface area contributed by atoms with E-state index in [2.05, 4.69) is 12.2 Å². The molecule has 4 heteroatoms. The monoisotopic (exact) mass is 271 g/mol. The Morgan fingerprint density at radius 1 is 1.37 bits per heavy atom. The zero-order valence-corrected chi connectivity index (χ0v) is 12.5. The van der Waals surface area contributed by atoms with Crippen molar-refractivity contribution in [2.45, 2.75) is 50.7 Å². The predicted molar refractivity (Wildman–Crippen MR) is 75.4 cm³/mol. The van der Waals surface area contributed by atoms with Crippen LogP contribution in [0.1, 0.15) is 39.0 Å². The van der Waals surface area contributed by atoms with E-state index in [1.54, 1.807) is 7.11 Å². The van der Waals surface area contributed by atoms with Crippen LogP contribution in [0.2, 0.25) is 0 Å². The van der Waals surface area contributed by atoms with Crippen LogP contribution < -0.4 is 5.32 Å². The molecule has 0 aromatic carbocycles. The Bertz CT molecular complexity index is 256. The van der Waals surface area contributed by atoms with Crippen LogP contribution in [0.15, 0.2) is 0 Å². The van der Waals surface area contributed by atoms with Crippen LogP contribution in [0.3, 0.4) is 0 Å². The highest BCUT2D eigenvalue weighted by molar-refractivity contribution is 4.96. The Balaban J connectivity index is 1.79. The number of hydrogen-bond donors (Lipinski definition) is 1. The van der Waals surface area contributed by atoms with Gasteiger partial charge in [0.05, 0.1) is 25.4 Å². The lowest BCUT2D eigenvalue weighted by atomic mass is 9.70. The molecule has 0 aromatic heterocycles. The van der Waals surface area contributed by atoms with Crippen LogP contribution in [-0.4, -0.2) is 51.7 Å². The van der Waals surface area contributed by atoms with Gasteiger partial charge in [0.1, 0.15) is 0 Å². The Morgan fingerprint density at radius 2 is 2.21 bits per heavy atom. The third-order valence-corrected chi connectivity index (χ3v) is 4.56. The summed E-state index contributed by atoms with van der Waals surface area (Å²) in [5, 5.41) is 3.59. The van der Waals surface area contributed by atoms with Gasteiger partial charge in [0.15, 0.2) is 0 Å². The summed E-state index contributed by atoms with van der Waals surface area (Å²) in [6.07, 6.45) is 6.22. The molecule has 0 radical (unpaired) electrons. The van der Waals surface area contributed by atoms with Crippen LogP contribution in [0.4, 0.5) is 0 Å². The highest BCUT2D eigenvalue weighted by Gasteiger charge is 2.44. The third kappa shape index (κ3) is 4.15. The van der Waals surface area contributed by atoms with Gasteiger partial charge in [-0.3, -0.25) is 0 Å². The molecule has 1 aliphatic heterocycles. The molecule has 2 rings (SSSR count). The lowest BCUT2D eigenvalue weighted by molar-refractivity contribution is -0.149. The standard InChI is InChI=1S/C15H29NO3/c1-3-16-14(12-18-10-9-17-2)13-5-8-19-15(11-13)6-4-7-15/h13-14,16H,3-12H2,1-2H3. The lowest BCUT2D eigenvalue weighted by Gasteiger charge is -2.48. The van der Waals surface area contributed by atoms with Crippen molar-refractivity contribution in [3.8, 4) is 0 Å². The third-order valence-electron chi connectivity index (χ3n) is 4.56. The SMILES string of the molecule is CCNC(COCCOC)C1CCOC2(CCC2)C1. The number of ether oxygens (including phenoxy) is 3. The first-order chi connectivity index (χ1) is 9.29. The minimum absolute atomic E-state index is 0.225. The van der Waals surface area contributed by atoms with E-state index in [0.29, 0.717) is 25.2 Å². The van der Waals surface area contributed by atoms with Crippen molar-refractivity contribution in [1.29, 1.82) is 0 Å². The summed E-state index contributed by atoms with van der Waals surface area (Å²) in [6, 6.07) is 0.461. The Morgan fingerprint density at radius 3 is 2.84 bits per heavy atom. The van der Waals surface area contributed by atoms with E-state index in [4.69, 9.17) is 14.2 Å². The van der Waals surface area contributed by atoms with Crippen molar-refractivity contribution in [3.63, 3.8) is 0 Å². The molecular weight excluding hydrogens is 242 g/mol. The largest absolute Gasteiger partial charge is 0.382 e. The molecule has 0 bridgehead atoms. The van der Waals surface area contributed by atoms with Gasteiger partial charge < -0.3 is 19.5 Å². The fraction of sp³-hybridized carbons (Fsp3) is 1.00. The summed E-state index contributed by atoms with van der Waals surface area (Å²) < 4.78 is 16.8. The minimum atomic E-state index is 0.225. The first-order valence-corrected chi connectivity index (χ1v) is 7.74. The van der Waals surface area contributed by atoms with Gasteiger partial charge in [-0.1, -0.05) is 6.92 Å². The molecule has 1 saturated carbocycles. The van der Waals surface area contributed by atoms with Gasteiger partial charge in [-0.2, -0.15) is 0 Å². The smallest absolute Gasteiger partial charge is 0.0701 e. The zero-order chi connectivity index (χ0) is 13.6. The molecule has 1 spiro atoms. The molecule has 19 heavy (non-hydrogen) atoms. The second-order valence-corrected chi connectivity index (χ2v) is 5.87. The number of methoxy groups -OCH3 is 1. The van der Waals surface area contributed by atoms with E-state index >= 15 is 0 Å². The molecular formula is C15H29NO3. The van der Waals surface area contributed by atoms with Crippen LogP contribution >= 0.6 is 0 Å². The number of hydrogen-bond acceptors (Lipinski definition) is 4. The van der Waals surface area contributed by atoms with E-state index in [0.717, 1.165) is 26.2 Å². The van der Waals surface area contributed by atoms with Crippen molar-refractivity contribution in [2.24, 2.45) is 5.92 Å². The van der Waals surface area contributed by atoms with E-state index < -0.39 is 0 Å². The summed E-state index contributed by atoms with van der Waals surface area (Å²) in [5.74, 6) is 0.691.